The van der Waals surface area contributed by atoms with Gasteiger partial charge in [0.2, 0.25) is 6.29 Å². The SMILES string of the molecule is CCCC(C)(C)C(=O)OC(C)OC(=O)N1CCCCC1. The monoisotopic (exact) mass is 285 g/mol. The average molecular weight is 285 g/mol. The fourth-order valence-electron chi connectivity index (χ4n) is 2.35. The molecule has 0 radical (unpaired) electrons. The van der Waals surface area contributed by atoms with Crippen molar-refractivity contribution < 1.29 is 19.1 Å². The largest absolute Gasteiger partial charge is 0.425 e. The van der Waals surface area contributed by atoms with Crippen molar-refractivity contribution in [2.24, 2.45) is 5.41 Å². The van der Waals surface area contributed by atoms with Gasteiger partial charge in [-0.05, 0) is 39.5 Å². The van der Waals surface area contributed by atoms with Gasteiger partial charge in [0.25, 0.3) is 0 Å². The van der Waals surface area contributed by atoms with Crippen LogP contribution >= 0.6 is 0 Å². The third kappa shape index (κ3) is 5.02. The molecule has 1 aliphatic rings. The fourth-order valence-corrected chi connectivity index (χ4v) is 2.35. The lowest BCUT2D eigenvalue weighted by Crippen LogP contribution is -2.39. The minimum absolute atomic E-state index is 0.321. The van der Waals surface area contributed by atoms with Gasteiger partial charge in [0.05, 0.1) is 5.41 Å². The van der Waals surface area contributed by atoms with E-state index in [1.54, 1.807) is 11.8 Å². The molecule has 116 valence electrons. The highest BCUT2D eigenvalue weighted by Crippen LogP contribution is 2.24. The zero-order valence-corrected chi connectivity index (χ0v) is 13.1. The van der Waals surface area contributed by atoms with Crippen LogP contribution in [0.5, 0.6) is 0 Å². The first-order chi connectivity index (χ1) is 9.36. The van der Waals surface area contributed by atoms with Gasteiger partial charge in [-0.15, -0.1) is 0 Å². The third-order valence-electron chi connectivity index (χ3n) is 3.58. The number of rotatable bonds is 5. The van der Waals surface area contributed by atoms with Crippen LogP contribution < -0.4 is 0 Å². The molecule has 1 unspecified atom stereocenters. The van der Waals surface area contributed by atoms with E-state index in [0.29, 0.717) is 0 Å². The van der Waals surface area contributed by atoms with E-state index in [-0.39, 0.29) is 5.97 Å². The number of hydrogen-bond acceptors (Lipinski definition) is 4. The maximum absolute atomic E-state index is 12.0. The van der Waals surface area contributed by atoms with Crippen LogP contribution in [0.1, 0.15) is 59.8 Å². The topological polar surface area (TPSA) is 55.8 Å². The van der Waals surface area contributed by atoms with E-state index in [1.165, 1.54) is 0 Å². The molecule has 0 aromatic carbocycles. The molecule has 20 heavy (non-hydrogen) atoms. The molecule has 0 N–H and O–H groups in total. The Morgan fingerprint density at radius 2 is 1.75 bits per heavy atom. The minimum atomic E-state index is -0.840. The van der Waals surface area contributed by atoms with Crippen LogP contribution in [0.4, 0.5) is 4.79 Å². The van der Waals surface area contributed by atoms with Crippen LogP contribution in [-0.2, 0) is 14.3 Å². The van der Waals surface area contributed by atoms with Gasteiger partial charge in [0.1, 0.15) is 0 Å². The van der Waals surface area contributed by atoms with Crippen LogP contribution in [0.15, 0.2) is 0 Å². The molecule has 0 aromatic heterocycles. The molecule has 0 aromatic rings. The van der Waals surface area contributed by atoms with E-state index in [1.807, 2.05) is 20.8 Å². The lowest BCUT2D eigenvalue weighted by Gasteiger charge is -2.28. The van der Waals surface area contributed by atoms with E-state index in [4.69, 9.17) is 9.47 Å². The molecule has 5 nitrogen and oxygen atoms in total. The first kappa shape index (κ1) is 16.8. The van der Waals surface area contributed by atoms with Crippen LogP contribution in [0.2, 0.25) is 0 Å². The summed E-state index contributed by atoms with van der Waals surface area (Å²) in [6.45, 7) is 8.74. The number of carbonyl (C=O) groups excluding carboxylic acids is 2. The Morgan fingerprint density at radius 1 is 1.15 bits per heavy atom. The highest BCUT2D eigenvalue weighted by Gasteiger charge is 2.31. The van der Waals surface area contributed by atoms with Crippen molar-refractivity contribution in [2.45, 2.75) is 66.1 Å². The van der Waals surface area contributed by atoms with Gasteiger partial charge < -0.3 is 14.4 Å². The van der Waals surface area contributed by atoms with Crippen LogP contribution in [0, 0.1) is 5.41 Å². The molecule has 1 fully saturated rings. The molecule has 1 rings (SSSR count). The maximum atomic E-state index is 12.0. The fraction of sp³-hybridized carbons (Fsp3) is 0.867. The summed E-state index contributed by atoms with van der Waals surface area (Å²) in [5, 5.41) is 0. The van der Waals surface area contributed by atoms with Crippen molar-refractivity contribution in [1.82, 2.24) is 4.90 Å². The smallest absolute Gasteiger partial charge is 0.412 e. The Bertz CT molecular complexity index is 335. The van der Waals surface area contributed by atoms with E-state index in [2.05, 4.69) is 0 Å². The number of amides is 1. The maximum Gasteiger partial charge on any atom is 0.412 e. The Hall–Kier alpha value is -1.26. The summed E-state index contributed by atoms with van der Waals surface area (Å²) >= 11 is 0. The molecule has 1 aliphatic heterocycles. The van der Waals surface area contributed by atoms with Gasteiger partial charge >= 0.3 is 12.1 Å². The summed E-state index contributed by atoms with van der Waals surface area (Å²) in [7, 11) is 0. The van der Waals surface area contributed by atoms with Crippen LogP contribution in [-0.4, -0.2) is 36.3 Å². The molecule has 0 bridgehead atoms. The molecule has 0 saturated carbocycles. The Kier molecular flexibility index (Phi) is 6.30. The van der Waals surface area contributed by atoms with Crippen molar-refractivity contribution in [2.75, 3.05) is 13.1 Å². The highest BCUT2D eigenvalue weighted by molar-refractivity contribution is 5.76. The quantitative estimate of drug-likeness (QED) is 0.574. The number of esters is 1. The third-order valence-corrected chi connectivity index (χ3v) is 3.58. The molecule has 1 atom stereocenters. The lowest BCUT2D eigenvalue weighted by molar-refractivity contribution is -0.177. The van der Waals surface area contributed by atoms with E-state index in [0.717, 1.165) is 45.2 Å². The Morgan fingerprint density at radius 3 is 2.30 bits per heavy atom. The van der Waals surface area contributed by atoms with E-state index < -0.39 is 17.8 Å². The summed E-state index contributed by atoms with van der Waals surface area (Å²) in [4.78, 5) is 25.5. The number of carbonyl (C=O) groups is 2. The number of piperidine rings is 1. The summed E-state index contributed by atoms with van der Waals surface area (Å²) < 4.78 is 10.4. The van der Waals surface area contributed by atoms with Crippen molar-refractivity contribution in [1.29, 1.82) is 0 Å². The van der Waals surface area contributed by atoms with Gasteiger partial charge in [0.15, 0.2) is 0 Å². The molecular formula is C15H27NO4. The van der Waals surface area contributed by atoms with Gasteiger partial charge in [-0.3, -0.25) is 4.79 Å². The molecule has 1 heterocycles. The van der Waals surface area contributed by atoms with Gasteiger partial charge in [0, 0.05) is 20.0 Å². The van der Waals surface area contributed by atoms with Crippen LogP contribution in [0.25, 0.3) is 0 Å². The second kappa shape index (κ2) is 7.50. The molecule has 5 heteroatoms. The first-order valence-electron chi connectivity index (χ1n) is 7.53. The van der Waals surface area contributed by atoms with Crippen molar-refractivity contribution in [3.8, 4) is 0 Å². The summed E-state index contributed by atoms with van der Waals surface area (Å²) in [6.07, 6.45) is 3.59. The second-order valence-electron chi connectivity index (χ2n) is 6.04. The Labute approximate surface area is 121 Å². The zero-order valence-electron chi connectivity index (χ0n) is 13.1. The normalized spacial score (nSPS) is 17.5. The number of likely N-dealkylation sites (tertiary alicyclic amines) is 1. The average Bonchev–Trinajstić information content (AvgIpc) is 2.39. The van der Waals surface area contributed by atoms with E-state index in [9.17, 15) is 9.59 Å². The van der Waals surface area contributed by atoms with Crippen molar-refractivity contribution in [3.63, 3.8) is 0 Å². The van der Waals surface area contributed by atoms with Crippen LogP contribution in [0.3, 0.4) is 0 Å². The van der Waals surface area contributed by atoms with E-state index >= 15 is 0 Å². The molecule has 0 spiro atoms. The zero-order chi connectivity index (χ0) is 15.2. The summed E-state index contributed by atoms with van der Waals surface area (Å²) in [5.41, 5.74) is -0.541. The second-order valence-corrected chi connectivity index (χ2v) is 6.04. The molecule has 1 saturated heterocycles. The number of ether oxygens (including phenoxy) is 2. The summed E-state index contributed by atoms with van der Waals surface area (Å²) in [5.74, 6) is -0.321. The molecule has 1 amide bonds. The predicted molar refractivity (Wildman–Crippen MR) is 76.1 cm³/mol. The van der Waals surface area contributed by atoms with Gasteiger partial charge in [-0.2, -0.15) is 0 Å². The standard InChI is InChI=1S/C15H27NO4/c1-5-9-15(3,4)13(17)19-12(2)20-14(18)16-10-7-6-8-11-16/h12H,5-11H2,1-4H3. The highest BCUT2D eigenvalue weighted by atomic mass is 16.7. The molecular weight excluding hydrogens is 258 g/mol. The van der Waals surface area contributed by atoms with Gasteiger partial charge in [-0.25, -0.2) is 4.79 Å². The minimum Gasteiger partial charge on any atom is -0.425 e. The predicted octanol–water partition coefficient (Wildman–Crippen LogP) is 3.32. The lowest BCUT2D eigenvalue weighted by atomic mass is 9.88. The number of nitrogens with zero attached hydrogens (tertiary/aromatic N) is 1. The Balaban J connectivity index is 2.40. The van der Waals surface area contributed by atoms with Gasteiger partial charge in [-0.1, -0.05) is 13.3 Å². The van der Waals surface area contributed by atoms with Crippen molar-refractivity contribution >= 4 is 12.1 Å². The van der Waals surface area contributed by atoms with Crippen molar-refractivity contribution in [3.05, 3.63) is 0 Å². The first-order valence-corrected chi connectivity index (χ1v) is 7.53. The molecule has 0 aliphatic carbocycles. The summed E-state index contributed by atoms with van der Waals surface area (Å²) in [6, 6.07) is 0. The number of hydrogen-bond donors (Lipinski definition) is 0.